The third-order valence-electron chi connectivity index (χ3n) is 3.31. The second-order valence-electron chi connectivity index (χ2n) is 6.02. The average molecular weight is 262 g/mol. The van der Waals surface area contributed by atoms with Crippen LogP contribution >= 0.6 is 0 Å². The maximum absolute atomic E-state index is 9.68. The van der Waals surface area contributed by atoms with E-state index in [-0.39, 0.29) is 11.5 Å². The third kappa shape index (κ3) is 2.14. The predicted molar refractivity (Wildman–Crippen MR) is 71.0 cm³/mol. The summed E-state index contributed by atoms with van der Waals surface area (Å²) in [6, 6.07) is 0. The molecular weight excluding hydrogens is 244 g/mol. The fraction of sp³-hybridized carbons (Fsp3) is 0.667. The van der Waals surface area contributed by atoms with E-state index in [2.05, 4.69) is 46.1 Å². The Hall–Kier alpha value is -1.76. The van der Waals surface area contributed by atoms with Gasteiger partial charge in [0.15, 0.2) is 17.0 Å². The van der Waals surface area contributed by atoms with Crippen molar-refractivity contribution in [2.45, 2.75) is 38.7 Å². The molecule has 2 aromatic rings. The van der Waals surface area contributed by atoms with Crippen molar-refractivity contribution in [2.24, 2.45) is 0 Å². The molecule has 2 N–H and O–H groups in total. The number of hydrogen-bond donors (Lipinski definition) is 2. The van der Waals surface area contributed by atoms with Crippen LogP contribution in [0.15, 0.2) is 0 Å². The summed E-state index contributed by atoms with van der Waals surface area (Å²) in [5, 5.41) is 20.4. The summed E-state index contributed by atoms with van der Waals surface area (Å²) in [4.78, 5) is 11.2. The molecule has 1 aliphatic rings. The quantitative estimate of drug-likeness (QED) is 0.782. The highest BCUT2D eigenvalue weighted by atomic mass is 16.3. The third-order valence-corrected chi connectivity index (χ3v) is 3.31. The normalized spacial score (nSPS) is 20.4. The summed E-state index contributed by atoms with van der Waals surface area (Å²) in [6.45, 7) is 7.58. The molecule has 0 aromatic carbocycles. The molecule has 3 rings (SSSR count). The van der Waals surface area contributed by atoms with Crippen LogP contribution in [0.5, 0.6) is 0 Å². The number of nitrogens with one attached hydrogen (secondary N) is 1. The first-order valence-electron chi connectivity index (χ1n) is 6.47. The van der Waals surface area contributed by atoms with Crippen molar-refractivity contribution >= 4 is 17.0 Å². The Labute approximate surface area is 111 Å². The Morgan fingerprint density at radius 2 is 2.11 bits per heavy atom. The van der Waals surface area contributed by atoms with Gasteiger partial charge in [0.05, 0.1) is 6.10 Å². The molecule has 0 unspecified atom stereocenters. The van der Waals surface area contributed by atoms with Crippen LogP contribution in [0.4, 0.5) is 5.82 Å². The smallest absolute Gasteiger partial charge is 0.181 e. The highest BCUT2D eigenvalue weighted by molar-refractivity contribution is 5.82. The molecule has 2 aromatic heterocycles. The number of rotatable bonds is 1. The number of aromatic amines is 1. The van der Waals surface area contributed by atoms with Gasteiger partial charge in [-0.2, -0.15) is 0 Å². The van der Waals surface area contributed by atoms with Crippen molar-refractivity contribution in [3.05, 3.63) is 5.82 Å². The molecular formula is C12H18N6O. The molecule has 0 amide bonds. The topological polar surface area (TPSA) is 90.8 Å². The number of nitrogens with zero attached hydrogens (tertiary/aromatic N) is 5. The van der Waals surface area contributed by atoms with Gasteiger partial charge in [0.1, 0.15) is 5.82 Å². The zero-order valence-electron chi connectivity index (χ0n) is 11.4. The molecule has 0 saturated carbocycles. The largest absolute Gasteiger partial charge is 0.391 e. The van der Waals surface area contributed by atoms with Crippen molar-refractivity contribution in [1.82, 2.24) is 25.4 Å². The van der Waals surface area contributed by atoms with Gasteiger partial charge >= 0.3 is 0 Å². The van der Waals surface area contributed by atoms with Crippen molar-refractivity contribution in [3.8, 4) is 0 Å². The van der Waals surface area contributed by atoms with Crippen LogP contribution in [0, 0.1) is 0 Å². The van der Waals surface area contributed by atoms with Gasteiger partial charge in [0.2, 0.25) is 0 Å². The van der Waals surface area contributed by atoms with Crippen LogP contribution < -0.4 is 4.90 Å². The minimum atomic E-state index is -0.296. The van der Waals surface area contributed by atoms with E-state index >= 15 is 0 Å². The molecule has 0 spiro atoms. The van der Waals surface area contributed by atoms with Crippen molar-refractivity contribution in [2.75, 3.05) is 18.0 Å². The molecule has 19 heavy (non-hydrogen) atoms. The maximum atomic E-state index is 9.68. The molecule has 7 nitrogen and oxygen atoms in total. The van der Waals surface area contributed by atoms with Crippen LogP contribution in [0.3, 0.4) is 0 Å². The van der Waals surface area contributed by atoms with E-state index < -0.39 is 0 Å². The zero-order chi connectivity index (χ0) is 13.6. The van der Waals surface area contributed by atoms with Gasteiger partial charge in [-0.05, 0) is 6.42 Å². The van der Waals surface area contributed by atoms with Gasteiger partial charge in [-0.1, -0.05) is 26.0 Å². The van der Waals surface area contributed by atoms with Crippen molar-refractivity contribution < 1.29 is 5.11 Å². The predicted octanol–water partition coefficient (Wildman–Crippen LogP) is 0.616. The Bertz CT molecular complexity index is 602. The zero-order valence-corrected chi connectivity index (χ0v) is 11.4. The first-order chi connectivity index (χ1) is 8.95. The van der Waals surface area contributed by atoms with Gasteiger partial charge in [-0.25, -0.2) is 15.1 Å². The fourth-order valence-corrected chi connectivity index (χ4v) is 2.23. The minimum absolute atomic E-state index is 0.146. The Morgan fingerprint density at radius 1 is 1.32 bits per heavy atom. The minimum Gasteiger partial charge on any atom is -0.391 e. The first kappa shape index (κ1) is 12.3. The molecule has 3 heterocycles. The van der Waals surface area contributed by atoms with E-state index in [0.29, 0.717) is 17.7 Å². The van der Waals surface area contributed by atoms with Gasteiger partial charge in [0, 0.05) is 18.5 Å². The first-order valence-corrected chi connectivity index (χ1v) is 6.47. The SMILES string of the molecule is CC(C)(C)c1nc(N2CC[C@H](O)C2)c2nn[nH]c2n1. The van der Waals surface area contributed by atoms with E-state index in [1.54, 1.807) is 0 Å². The van der Waals surface area contributed by atoms with Crippen molar-refractivity contribution in [1.29, 1.82) is 0 Å². The number of hydrogen-bond acceptors (Lipinski definition) is 6. The molecule has 1 saturated heterocycles. The lowest BCUT2D eigenvalue weighted by Gasteiger charge is -2.21. The second kappa shape index (κ2) is 4.12. The summed E-state index contributed by atoms with van der Waals surface area (Å²) in [6.07, 6.45) is 0.462. The Balaban J connectivity index is 2.13. The summed E-state index contributed by atoms with van der Waals surface area (Å²) in [5.41, 5.74) is 1.17. The number of anilines is 1. The second-order valence-corrected chi connectivity index (χ2v) is 6.02. The molecule has 1 fully saturated rings. The molecule has 0 bridgehead atoms. The van der Waals surface area contributed by atoms with E-state index in [9.17, 15) is 5.11 Å². The Kier molecular flexibility index (Phi) is 2.67. The average Bonchev–Trinajstić information content (AvgIpc) is 2.94. The summed E-state index contributed by atoms with van der Waals surface area (Å²) in [7, 11) is 0. The summed E-state index contributed by atoms with van der Waals surface area (Å²) in [5.74, 6) is 1.52. The van der Waals surface area contributed by atoms with E-state index in [0.717, 1.165) is 24.6 Å². The lowest BCUT2D eigenvalue weighted by Crippen LogP contribution is -2.25. The van der Waals surface area contributed by atoms with E-state index in [1.165, 1.54) is 0 Å². The van der Waals surface area contributed by atoms with Crippen LogP contribution in [-0.2, 0) is 5.41 Å². The van der Waals surface area contributed by atoms with Gasteiger partial charge in [0.25, 0.3) is 0 Å². The van der Waals surface area contributed by atoms with Crippen LogP contribution in [0.25, 0.3) is 11.2 Å². The monoisotopic (exact) mass is 262 g/mol. The maximum Gasteiger partial charge on any atom is 0.181 e. The lowest BCUT2D eigenvalue weighted by molar-refractivity contribution is 0.198. The number of aliphatic hydroxyl groups excluding tert-OH is 1. The molecule has 1 aliphatic heterocycles. The summed E-state index contributed by atoms with van der Waals surface area (Å²) >= 11 is 0. The fourth-order valence-electron chi connectivity index (χ4n) is 2.23. The molecule has 102 valence electrons. The molecule has 0 radical (unpaired) electrons. The van der Waals surface area contributed by atoms with Gasteiger partial charge < -0.3 is 10.0 Å². The summed E-state index contributed by atoms with van der Waals surface area (Å²) < 4.78 is 0. The highest BCUT2D eigenvalue weighted by Crippen LogP contribution is 2.28. The molecule has 1 atom stereocenters. The van der Waals surface area contributed by atoms with E-state index in [1.807, 2.05) is 4.90 Å². The van der Waals surface area contributed by atoms with Crippen LogP contribution in [0.2, 0.25) is 0 Å². The molecule has 0 aliphatic carbocycles. The number of H-pyrrole nitrogens is 1. The van der Waals surface area contributed by atoms with E-state index in [4.69, 9.17) is 0 Å². The van der Waals surface area contributed by atoms with Crippen molar-refractivity contribution in [3.63, 3.8) is 0 Å². The number of aromatic nitrogens is 5. The van der Waals surface area contributed by atoms with Crippen LogP contribution in [-0.4, -0.2) is 49.7 Å². The highest BCUT2D eigenvalue weighted by Gasteiger charge is 2.27. The number of aliphatic hydroxyl groups is 1. The van der Waals surface area contributed by atoms with Gasteiger partial charge in [-0.15, -0.1) is 5.10 Å². The van der Waals surface area contributed by atoms with Crippen LogP contribution in [0.1, 0.15) is 33.0 Å². The molecule has 7 heteroatoms. The number of fused-ring (bicyclic) bond motifs is 1. The lowest BCUT2D eigenvalue weighted by atomic mass is 9.96. The van der Waals surface area contributed by atoms with Gasteiger partial charge in [-0.3, -0.25) is 0 Å². The number of β-amino-alcohol motifs (C(OH)–C–C–N with tert-alkyl or cyclic N) is 1. The standard InChI is InChI=1S/C12H18N6O/c1-12(2,3)11-13-9-8(15-17-16-9)10(14-11)18-5-4-7(19)6-18/h7,19H,4-6H2,1-3H3,(H,13,14,15,16,17)/t7-/m0/s1. The Morgan fingerprint density at radius 3 is 2.74 bits per heavy atom.